The van der Waals surface area contributed by atoms with E-state index in [1.165, 1.54) is 31.2 Å². The number of aromatic amines is 1. The zero-order valence-corrected chi connectivity index (χ0v) is 15.7. The molecule has 0 atom stereocenters. The van der Waals surface area contributed by atoms with Gasteiger partial charge in [0, 0.05) is 10.4 Å². The van der Waals surface area contributed by atoms with E-state index < -0.39 is 24.2 Å². The minimum atomic E-state index is -1.25. The van der Waals surface area contributed by atoms with Crippen LogP contribution in [0.1, 0.15) is 6.92 Å². The van der Waals surface area contributed by atoms with Crippen LogP contribution in [0.15, 0.2) is 41.2 Å². The zero-order chi connectivity index (χ0) is 21.6. The fourth-order valence-electron chi connectivity index (χ4n) is 2.41. The molecule has 2 N–H and O–H groups in total. The molecule has 0 aliphatic heterocycles. The lowest BCUT2D eigenvalue weighted by molar-refractivity contribution is 0.168. The third-order valence-corrected chi connectivity index (χ3v) is 3.69. The van der Waals surface area contributed by atoms with Gasteiger partial charge in [0.1, 0.15) is 11.6 Å². The second-order valence-electron chi connectivity index (χ2n) is 5.27. The van der Waals surface area contributed by atoms with Crippen LogP contribution in [0.4, 0.5) is 17.6 Å². The van der Waals surface area contributed by atoms with Crippen LogP contribution in [0.2, 0.25) is 5.02 Å². The summed E-state index contributed by atoms with van der Waals surface area (Å²) in [6, 6.07) is 8.36. The molecule has 0 spiro atoms. The van der Waals surface area contributed by atoms with Crippen LogP contribution < -0.4 is 5.69 Å². The van der Waals surface area contributed by atoms with Crippen molar-refractivity contribution in [2.75, 3.05) is 13.5 Å². The van der Waals surface area contributed by atoms with E-state index >= 15 is 0 Å². The van der Waals surface area contributed by atoms with Crippen molar-refractivity contribution < 1.29 is 22.7 Å². The first-order valence-corrected chi connectivity index (χ1v) is 8.51. The lowest BCUT2D eigenvalue weighted by Crippen LogP contribution is -2.17. The minimum absolute atomic E-state index is 0.0152. The van der Waals surface area contributed by atoms with Crippen molar-refractivity contribution in [3.05, 3.63) is 63.5 Å². The Hall–Kier alpha value is -2.98. The molecular formula is C18H15ClF4N4O2. The number of hydrogen-bond donors (Lipinski definition) is 2. The Kier molecular flexibility index (Phi) is 7.68. The Bertz CT molecular complexity index is 1180. The van der Waals surface area contributed by atoms with Crippen LogP contribution in [0.5, 0.6) is 0 Å². The number of aliphatic hydroxyl groups excluding tert-OH is 1. The molecule has 0 radical (unpaired) electrons. The number of aromatic nitrogens is 4. The average molecular weight is 431 g/mol. The van der Waals surface area contributed by atoms with Gasteiger partial charge in [-0.1, -0.05) is 17.7 Å². The molecule has 154 valence electrons. The highest BCUT2D eigenvalue weighted by Gasteiger charge is 2.16. The molecule has 2 aromatic carbocycles. The second kappa shape index (κ2) is 9.99. The lowest BCUT2D eigenvalue weighted by atomic mass is 10.2. The average Bonchev–Trinajstić information content (AvgIpc) is 3.10. The van der Waals surface area contributed by atoms with Crippen molar-refractivity contribution in [3.63, 3.8) is 0 Å². The summed E-state index contributed by atoms with van der Waals surface area (Å²) in [6.45, 7) is -0.0417. The van der Waals surface area contributed by atoms with Gasteiger partial charge in [-0.05, 0) is 37.3 Å². The predicted octanol–water partition coefficient (Wildman–Crippen LogP) is 4.05. The number of nitrogens with zero attached hydrogens (tertiary/aromatic N) is 3. The molecule has 0 aliphatic rings. The maximum atomic E-state index is 14.0. The molecule has 29 heavy (non-hydrogen) atoms. The van der Waals surface area contributed by atoms with Gasteiger partial charge in [0.2, 0.25) is 0 Å². The quantitative estimate of drug-likeness (QED) is 0.446. The topological polar surface area (TPSA) is 83.3 Å². The highest BCUT2D eigenvalue weighted by atomic mass is 35.5. The molecule has 11 heteroatoms. The van der Waals surface area contributed by atoms with E-state index in [1.54, 1.807) is 6.07 Å². The molecule has 0 unspecified atom stereocenters. The van der Waals surface area contributed by atoms with E-state index in [-0.39, 0.29) is 34.2 Å². The lowest BCUT2D eigenvalue weighted by Gasteiger charge is -1.99. The van der Waals surface area contributed by atoms with E-state index in [9.17, 15) is 22.4 Å². The molecule has 0 saturated carbocycles. The Morgan fingerprint density at radius 1 is 1.17 bits per heavy atom. The number of hydrogen-bond acceptors (Lipinski definition) is 4. The molecule has 6 nitrogen and oxygen atoms in total. The van der Waals surface area contributed by atoms with Gasteiger partial charge in [-0.3, -0.25) is 4.39 Å². The number of rotatable bonds is 1. The fraction of sp³-hybridized carbons (Fsp3) is 0.167. The molecule has 0 fully saturated rings. The first-order valence-electron chi connectivity index (χ1n) is 8.13. The van der Waals surface area contributed by atoms with E-state index in [0.29, 0.717) is 5.39 Å². The normalized spacial score (nSPS) is 10.3. The first kappa shape index (κ1) is 22.3. The van der Waals surface area contributed by atoms with Crippen LogP contribution in [-0.2, 0) is 0 Å². The fourth-order valence-corrected chi connectivity index (χ4v) is 2.57. The van der Waals surface area contributed by atoms with Crippen molar-refractivity contribution in [2.24, 2.45) is 0 Å². The number of halogens is 5. The zero-order valence-electron chi connectivity index (χ0n) is 15.0. The van der Waals surface area contributed by atoms with Gasteiger partial charge >= 0.3 is 5.69 Å². The van der Waals surface area contributed by atoms with E-state index in [0.717, 1.165) is 10.6 Å². The summed E-state index contributed by atoms with van der Waals surface area (Å²) in [5.41, 5.74) is -0.388. The summed E-state index contributed by atoms with van der Waals surface area (Å²) in [6.07, 6.45) is 0. The van der Waals surface area contributed by atoms with Crippen LogP contribution in [0, 0.1) is 11.6 Å². The van der Waals surface area contributed by atoms with Crippen LogP contribution in [0.3, 0.4) is 0 Å². The van der Waals surface area contributed by atoms with Crippen molar-refractivity contribution in [2.45, 2.75) is 6.92 Å². The maximum Gasteiger partial charge on any atom is 0.348 e. The first-order chi connectivity index (χ1) is 13.9. The van der Waals surface area contributed by atoms with Crippen LogP contribution in [0.25, 0.3) is 27.9 Å². The van der Waals surface area contributed by atoms with Gasteiger partial charge in [0.15, 0.2) is 18.3 Å². The van der Waals surface area contributed by atoms with E-state index in [1.807, 2.05) is 0 Å². The third kappa shape index (κ3) is 4.90. The standard InChI is InChI=1S/C15H7ClF2N4O.C2H5F.CH3FO/c16-7-4-5-8(11(18)6-7)13-20-14-9-2-1-3-10(17)12(9)19-15(23)22(14)21-13;1-2-3;2-1-3/h1-6H,(H,19,23);2H2,1H3;3H,1H2. The Balaban J connectivity index is 0.000000449. The second-order valence-corrected chi connectivity index (χ2v) is 5.71. The Morgan fingerprint density at radius 3 is 2.45 bits per heavy atom. The van der Waals surface area contributed by atoms with E-state index in [4.69, 9.17) is 16.7 Å². The van der Waals surface area contributed by atoms with Gasteiger partial charge in [-0.25, -0.2) is 22.9 Å². The molecule has 2 aromatic heterocycles. The number of aliphatic hydroxyl groups is 1. The predicted molar refractivity (Wildman–Crippen MR) is 101 cm³/mol. The van der Waals surface area contributed by atoms with Crippen molar-refractivity contribution in [1.29, 1.82) is 0 Å². The molecular weight excluding hydrogens is 416 g/mol. The highest BCUT2D eigenvalue weighted by Crippen LogP contribution is 2.25. The summed E-state index contributed by atoms with van der Waals surface area (Å²) in [5, 5.41) is 11.5. The van der Waals surface area contributed by atoms with Gasteiger partial charge in [-0.15, -0.1) is 5.10 Å². The number of nitrogens with one attached hydrogen (secondary N) is 1. The SMILES string of the molecule is CCF.O=c1[nH]c2c(F)cccc2c2nc(-c3ccc(Cl)cc3F)nn12.OCF. The number of fused-ring (bicyclic) bond motifs is 3. The summed E-state index contributed by atoms with van der Waals surface area (Å²) >= 11 is 5.72. The van der Waals surface area contributed by atoms with Gasteiger partial charge < -0.3 is 10.1 Å². The number of benzene rings is 2. The van der Waals surface area contributed by atoms with Gasteiger partial charge in [-0.2, -0.15) is 4.52 Å². The monoisotopic (exact) mass is 430 g/mol. The van der Waals surface area contributed by atoms with Crippen molar-refractivity contribution in [3.8, 4) is 11.4 Å². The summed E-state index contributed by atoms with van der Waals surface area (Å²) in [4.78, 5) is 18.6. The summed E-state index contributed by atoms with van der Waals surface area (Å²) in [5.74, 6) is -1.17. The summed E-state index contributed by atoms with van der Waals surface area (Å²) in [7, 11) is 0. The number of H-pyrrole nitrogens is 1. The Morgan fingerprint density at radius 2 is 1.83 bits per heavy atom. The largest absolute Gasteiger partial charge is 0.366 e. The van der Waals surface area contributed by atoms with Gasteiger partial charge in [0.05, 0.1) is 17.8 Å². The molecule has 2 heterocycles. The van der Waals surface area contributed by atoms with Crippen LogP contribution >= 0.6 is 11.6 Å². The molecule has 0 aliphatic carbocycles. The van der Waals surface area contributed by atoms with Gasteiger partial charge in [0.25, 0.3) is 0 Å². The third-order valence-electron chi connectivity index (χ3n) is 3.46. The molecule has 0 amide bonds. The molecule has 0 bridgehead atoms. The van der Waals surface area contributed by atoms with Crippen molar-refractivity contribution in [1.82, 2.24) is 19.6 Å². The Labute approximate surface area is 166 Å². The summed E-state index contributed by atoms with van der Waals surface area (Å²) < 4.78 is 49.0. The van der Waals surface area contributed by atoms with Crippen molar-refractivity contribution >= 4 is 28.2 Å². The number of alkyl halides is 2. The minimum Gasteiger partial charge on any atom is -0.366 e. The number of para-hydroxylation sites is 1. The maximum absolute atomic E-state index is 14.0. The molecule has 4 aromatic rings. The smallest absolute Gasteiger partial charge is 0.348 e. The molecule has 0 saturated heterocycles. The molecule has 4 rings (SSSR count). The van der Waals surface area contributed by atoms with E-state index in [2.05, 4.69) is 15.1 Å². The van der Waals surface area contributed by atoms with Crippen LogP contribution in [-0.4, -0.2) is 38.2 Å². The highest BCUT2D eigenvalue weighted by molar-refractivity contribution is 6.30.